The van der Waals surface area contributed by atoms with Gasteiger partial charge in [0.2, 0.25) is 17.7 Å². The van der Waals surface area contributed by atoms with Crippen molar-refractivity contribution in [1.29, 1.82) is 0 Å². The highest BCUT2D eigenvalue weighted by Gasteiger charge is 2.56. The summed E-state index contributed by atoms with van der Waals surface area (Å²) in [6, 6.07) is 13.6. The molecule has 1 aliphatic rings. The zero-order valence-electron chi connectivity index (χ0n) is 14.1. The summed E-state index contributed by atoms with van der Waals surface area (Å²) in [5, 5.41) is 8.56. The molecule has 1 fully saturated rings. The average molecular weight is 372 g/mol. The summed E-state index contributed by atoms with van der Waals surface area (Å²) in [7, 11) is 0. The molecule has 0 spiro atoms. The van der Waals surface area contributed by atoms with E-state index in [1.807, 2.05) is 0 Å². The lowest BCUT2D eigenvalue weighted by molar-refractivity contribution is -0.131. The van der Waals surface area contributed by atoms with E-state index in [-0.39, 0.29) is 17.7 Å². The molecule has 0 unspecified atom stereocenters. The monoisotopic (exact) mass is 371 g/mol. The Bertz CT molecular complexity index is 861. The molecular formula is C19H18ClN3O3. The number of benzene rings is 2. The number of para-hydroxylation sites is 1. The number of halogens is 1. The molecule has 1 saturated carbocycles. The van der Waals surface area contributed by atoms with Gasteiger partial charge in [0.1, 0.15) is 5.41 Å². The van der Waals surface area contributed by atoms with Crippen LogP contribution in [0.5, 0.6) is 0 Å². The van der Waals surface area contributed by atoms with Crippen LogP contribution in [0.4, 0.5) is 17.1 Å². The third-order valence-corrected chi connectivity index (χ3v) is 4.53. The summed E-state index contributed by atoms with van der Waals surface area (Å²) in [5.74, 6) is -0.887. The normalized spacial score (nSPS) is 14.2. The lowest BCUT2D eigenvalue weighted by Gasteiger charge is -2.16. The smallest absolute Gasteiger partial charge is 0.240 e. The number of carbonyl (C=O) groups excluding carboxylic acids is 3. The van der Waals surface area contributed by atoms with E-state index in [1.54, 1.807) is 48.5 Å². The maximum Gasteiger partial charge on any atom is 0.240 e. The van der Waals surface area contributed by atoms with Crippen molar-refractivity contribution in [3.8, 4) is 0 Å². The van der Waals surface area contributed by atoms with Gasteiger partial charge in [-0.25, -0.2) is 0 Å². The first kappa shape index (κ1) is 17.9. The Morgan fingerprint density at radius 2 is 1.38 bits per heavy atom. The van der Waals surface area contributed by atoms with Crippen molar-refractivity contribution >= 4 is 46.4 Å². The van der Waals surface area contributed by atoms with Crippen LogP contribution in [-0.4, -0.2) is 17.7 Å². The molecule has 0 radical (unpaired) electrons. The third kappa shape index (κ3) is 3.86. The van der Waals surface area contributed by atoms with Gasteiger partial charge in [-0.1, -0.05) is 23.7 Å². The molecule has 0 saturated heterocycles. The Labute approximate surface area is 155 Å². The van der Waals surface area contributed by atoms with Crippen LogP contribution in [0, 0.1) is 5.41 Å². The van der Waals surface area contributed by atoms with Crippen molar-refractivity contribution < 1.29 is 14.4 Å². The van der Waals surface area contributed by atoms with Gasteiger partial charge < -0.3 is 16.0 Å². The molecule has 26 heavy (non-hydrogen) atoms. The fourth-order valence-corrected chi connectivity index (χ4v) is 2.76. The second-order valence-electron chi connectivity index (χ2n) is 6.23. The van der Waals surface area contributed by atoms with Crippen LogP contribution in [0.3, 0.4) is 0 Å². The topological polar surface area (TPSA) is 87.3 Å². The molecule has 0 atom stereocenters. The highest BCUT2D eigenvalue weighted by molar-refractivity contribution is 6.34. The van der Waals surface area contributed by atoms with Crippen molar-refractivity contribution in [3.63, 3.8) is 0 Å². The number of amides is 3. The molecular weight excluding hydrogens is 354 g/mol. The van der Waals surface area contributed by atoms with E-state index in [2.05, 4.69) is 16.0 Å². The van der Waals surface area contributed by atoms with Gasteiger partial charge in [-0.2, -0.15) is 0 Å². The van der Waals surface area contributed by atoms with Gasteiger partial charge in [0.15, 0.2) is 0 Å². The average Bonchev–Trinajstić information content (AvgIpc) is 3.40. The summed E-state index contributed by atoms with van der Waals surface area (Å²) in [4.78, 5) is 36.2. The predicted molar refractivity (Wildman–Crippen MR) is 101 cm³/mol. The molecule has 2 aromatic rings. The van der Waals surface area contributed by atoms with Gasteiger partial charge in [-0.15, -0.1) is 0 Å². The number of anilines is 3. The van der Waals surface area contributed by atoms with Crippen molar-refractivity contribution in [2.24, 2.45) is 5.41 Å². The maximum absolute atomic E-state index is 12.6. The SMILES string of the molecule is CC(=O)Nc1ccc(NC(=O)C2(C(=O)Nc3ccccc3Cl)CC2)cc1. The maximum atomic E-state index is 12.6. The van der Waals surface area contributed by atoms with E-state index in [0.29, 0.717) is 34.9 Å². The van der Waals surface area contributed by atoms with Gasteiger partial charge in [0.25, 0.3) is 0 Å². The quantitative estimate of drug-likeness (QED) is 0.701. The number of nitrogens with one attached hydrogen (secondary N) is 3. The van der Waals surface area contributed by atoms with Crippen molar-refractivity contribution in [3.05, 3.63) is 53.6 Å². The molecule has 0 aromatic heterocycles. The zero-order valence-corrected chi connectivity index (χ0v) is 14.9. The highest BCUT2D eigenvalue weighted by Crippen LogP contribution is 2.47. The lowest BCUT2D eigenvalue weighted by Crippen LogP contribution is -2.35. The van der Waals surface area contributed by atoms with Crippen molar-refractivity contribution in [2.45, 2.75) is 19.8 Å². The molecule has 6 nitrogen and oxygen atoms in total. The third-order valence-electron chi connectivity index (χ3n) is 4.20. The Kier molecular flexibility index (Phi) is 4.95. The Morgan fingerprint density at radius 1 is 0.846 bits per heavy atom. The largest absolute Gasteiger partial charge is 0.326 e. The van der Waals surface area contributed by atoms with E-state index in [9.17, 15) is 14.4 Å². The second kappa shape index (κ2) is 7.17. The number of hydrogen-bond donors (Lipinski definition) is 3. The molecule has 0 heterocycles. The number of carbonyl (C=O) groups is 3. The van der Waals surface area contributed by atoms with Crippen molar-refractivity contribution in [1.82, 2.24) is 0 Å². The molecule has 3 amide bonds. The van der Waals surface area contributed by atoms with E-state index >= 15 is 0 Å². The molecule has 2 aromatic carbocycles. The van der Waals surface area contributed by atoms with Gasteiger partial charge in [-0.3, -0.25) is 14.4 Å². The molecule has 1 aliphatic carbocycles. The first-order valence-corrected chi connectivity index (χ1v) is 8.54. The van der Waals surface area contributed by atoms with E-state index in [4.69, 9.17) is 11.6 Å². The van der Waals surface area contributed by atoms with Gasteiger partial charge in [0.05, 0.1) is 10.7 Å². The number of rotatable bonds is 5. The van der Waals surface area contributed by atoms with E-state index in [1.165, 1.54) is 6.92 Å². The molecule has 134 valence electrons. The van der Waals surface area contributed by atoms with Crippen LogP contribution in [-0.2, 0) is 14.4 Å². The molecule has 0 bridgehead atoms. The fourth-order valence-electron chi connectivity index (χ4n) is 2.58. The molecule has 7 heteroatoms. The fraction of sp³-hybridized carbons (Fsp3) is 0.211. The summed E-state index contributed by atoms with van der Waals surface area (Å²) in [5.41, 5.74) is 0.599. The highest BCUT2D eigenvalue weighted by atomic mass is 35.5. The van der Waals surface area contributed by atoms with Crippen LogP contribution in [0.25, 0.3) is 0 Å². The first-order valence-electron chi connectivity index (χ1n) is 8.16. The first-order chi connectivity index (χ1) is 12.4. The Hall–Kier alpha value is -2.86. The van der Waals surface area contributed by atoms with Crippen LogP contribution in [0.1, 0.15) is 19.8 Å². The minimum absolute atomic E-state index is 0.171. The van der Waals surface area contributed by atoms with Crippen LogP contribution >= 0.6 is 11.6 Å². The lowest BCUT2D eigenvalue weighted by atomic mass is 10.0. The molecule has 3 rings (SSSR count). The summed E-state index contributed by atoms with van der Waals surface area (Å²) >= 11 is 6.05. The zero-order chi connectivity index (χ0) is 18.7. The van der Waals surface area contributed by atoms with Crippen LogP contribution < -0.4 is 16.0 Å². The summed E-state index contributed by atoms with van der Waals surface area (Å²) < 4.78 is 0. The molecule has 0 aliphatic heterocycles. The minimum Gasteiger partial charge on any atom is -0.326 e. The minimum atomic E-state index is -1.07. The van der Waals surface area contributed by atoms with Crippen molar-refractivity contribution in [2.75, 3.05) is 16.0 Å². The van der Waals surface area contributed by atoms with Gasteiger partial charge in [0, 0.05) is 18.3 Å². The van der Waals surface area contributed by atoms with Gasteiger partial charge >= 0.3 is 0 Å². The standard InChI is InChI=1S/C19H18ClN3O3/c1-12(24)21-13-6-8-14(9-7-13)22-17(25)19(10-11-19)18(26)23-16-5-3-2-4-15(16)20/h2-9H,10-11H2,1H3,(H,21,24)(H,22,25)(H,23,26). The summed E-state index contributed by atoms with van der Waals surface area (Å²) in [6.45, 7) is 1.42. The van der Waals surface area contributed by atoms with Crippen LogP contribution in [0.2, 0.25) is 5.02 Å². The van der Waals surface area contributed by atoms with Gasteiger partial charge in [-0.05, 0) is 49.2 Å². The number of hydrogen-bond acceptors (Lipinski definition) is 3. The summed E-state index contributed by atoms with van der Waals surface area (Å²) in [6.07, 6.45) is 0.970. The Morgan fingerprint density at radius 3 is 1.92 bits per heavy atom. The predicted octanol–water partition coefficient (Wildman–Crippen LogP) is 3.66. The van der Waals surface area contributed by atoms with Crippen LogP contribution in [0.15, 0.2) is 48.5 Å². The Balaban J connectivity index is 1.66. The molecule has 3 N–H and O–H groups in total. The van der Waals surface area contributed by atoms with E-state index in [0.717, 1.165) is 0 Å². The second-order valence-corrected chi connectivity index (χ2v) is 6.64. The van der Waals surface area contributed by atoms with E-state index < -0.39 is 5.41 Å².